The van der Waals surface area contributed by atoms with E-state index < -0.39 is 0 Å². The van der Waals surface area contributed by atoms with Crippen molar-refractivity contribution < 1.29 is 9.21 Å². The van der Waals surface area contributed by atoms with Gasteiger partial charge in [0, 0.05) is 16.6 Å². The molecule has 1 aliphatic carbocycles. The summed E-state index contributed by atoms with van der Waals surface area (Å²) in [6.07, 6.45) is 3.37. The summed E-state index contributed by atoms with van der Waals surface area (Å²) < 4.78 is 5.78. The van der Waals surface area contributed by atoms with E-state index in [0.29, 0.717) is 16.8 Å². The SMILES string of the molecule is O=C(c1cnn(-c2ccccc2)n1)N(Cc1nnc(-c2ccc(Cl)cc2)o1)C1CC1. The highest BCUT2D eigenvalue weighted by molar-refractivity contribution is 6.30. The topological polar surface area (TPSA) is 89.9 Å². The normalized spacial score (nSPS) is 13.4. The molecule has 0 aliphatic heterocycles. The van der Waals surface area contributed by atoms with Crippen LogP contribution in [0.5, 0.6) is 0 Å². The lowest BCUT2D eigenvalue weighted by atomic mass is 10.2. The van der Waals surface area contributed by atoms with E-state index in [1.54, 1.807) is 17.0 Å². The molecular formula is C21H17ClN6O2. The lowest BCUT2D eigenvalue weighted by molar-refractivity contribution is 0.0708. The molecule has 9 heteroatoms. The molecule has 0 saturated heterocycles. The van der Waals surface area contributed by atoms with Gasteiger partial charge in [0.1, 0.15) is 0 Å². The predicted octanol–water partition coefficient (Wildman–Crippen LogP) is 3.78. The molecule has 0 N–H and O–H groups in total. The van der Waals surface area contributed by atoms with E-state index in [4.69, 9.17) is 16.0 Å². The molecule has 0 spiro atoms. The smallest absolute Gasteiger partial charge is 0.276 e. The molecule has 0 unspecified atom stereocenters. The zero-order chi connectivity index (χ0) is 20.5. The van der Waals surface area contributed by atoms with Crippen molar-refractivity contribution in [2.45, 2.75) is 25.4 Å². The Labute approximate surface area is 177 Å². The first-order valence-electron chi connectivity index (χ1n) is 9.54. The Morgan fingerprint density at radius 3 is 2.60 bits per heavy atom. The van der Waals surface area contributed by atoms with Crippen LogP contribution in [0.25, 0.3) is 17.1 Å². The van der Waals surface area contributed by atoms with Crippen molar-refractivity contribution in [2.24, 2.45) is 0 Å². The molecule has 0 bridgehead atoms. The molecule has 1 amide bonds. The zero-order valence-corrected chi connectivity index (χ0v) is 16.6. The third kappa shape index (κ3) is 3.81. The van der Waals surface area contributed by atoms with Crippen LogP contribution in [0.15, 0.2) is 65.2 Å². The minimum atomic E-state index is -0.203. The van der Waals surface area contributed by atoms with Gasteiger partial charge >= 0.3 is 0 Å². The van der Waals surface area contributed by atoms with Crippen LogP contribution in [0.1, 0.15) is 29.2 Å². The van der Waals surface area contributed by atoms with Crippen LogP contribution in [0.4, 0.5) is 0 Å². The van der Waals surface area contributed by atoms with Crippen molar-refractivity contribution in [2.75, 3.05) is 0 Å². The molecule has 5 rings (SSSR count). The van der Waals surface area contributed by atoms with E-state index in [-0.39, 0.29) is 24.2 Å². The van der Waals surface area contributed by atoms with Crippen LogP contribution in [-0.2, 0) is 6.54 Å². The number of carbonyl (C=O) groups is 1. The van der Waals surface area contributed by atoms with Crippen LogP contribution in [-0.4, -0.2) is 42.0 Å². The molecule has 8 nitrogen and oxygen atoms in total. The Balaban J connectivity index is 1.35. The van der Waals surface area contributed by atoms with E-state index in [9.17, 15) is 4.79 Å². The third-order valence-electron chi connectivity index (χ3n) is 4.81. The number of amides is 1. The maximum atomic E-state index is 13.1. The highest BCUT2D eigenvalue weighted by Crippen LogP contribution is 2.30. The fourth-order valence-corrected chi connectivity index (χ4v) is 3.25. The first kappa shape index (κ1) is 18.5. The van der Waals surface area contributed by atoms with Crippen molar-refractivity contribution in [3.8, 4) is 17.1 Å². The number of benzene rings is 2. The molecule has 1 aliphatic rings. The summed E-state index contributed by atoms with van der Waals surface area (Å²) in [7, 11) is 0. The van der Waals surface area contributed by atoms with E-state index in [1.807, 2.05) is 42.5 Å². The second kappa shape index (κ2) is 7.72. The third-order valence-corrected chi connectivity index (χ3v) is 5.06. The highest BCUT2D eigenvalue weighted by atomic mass is 35.5. The molecule has 2 aromatic carbocycles. The first-order chi connectivity index (χ1) is 14.7. The Hall–Kier alpha value is -3.52. The number of carbonyl (C=O) groups excluding carboxylic acids is 1. The molecular weight excluding hydrogens is 404 g/mol. The van der Waals surface area contributed by atoms with Crippen LogP contribution < -0.4 is 0 Å². The molecule has 2 aromatic heterocycles. The summed E-state index contributed by atoms with van der Waals surface area (Å²) in [5, 5.41) is 17.4. The number of hydrogen-bond donors (Lipinski definition) is 0. The monoisotopic (exact) mass is 420 g/mol. The Kier molecular flexibility index (Phi) is 4.76. The summed E-state index contributed by atoms with van der Waals surface area (Å²) >= 11 is 5.93. The zero-order valence-electron chi connectivity index (χ0n) is 15.8. The lowest BCUT2D eigenvalue weighted by Gasteiger charge is -2.18. The van der Waals surface area contributed by atoms with Crippen molar-refractivity contribution in [3.05, 3.63) is 77.4 Å². The Morgan fingerprint density at radius 2 is 1.87 bits per heavy atom. The van der Waals surface area contributed by atoms with Gasteiger partial charge in [0.05, 0.1) is 18.4 Å². The maximum absolute atomic E-state index is 13.1. The second-order valence-electron chi connectivity index (χ2n) is 7.03. The molecule has 1 saturated carbocycles. The van der Waals surface area contributed by atoms with Crippen molar-refractivity contribution in [3.63, 3.8) is 0 Å². The van der Waals surface area contributed by atoms with Gasteiger partial charge < -0.3 is 9.32 Å². The number of rotatable bonds is 6. The Bertz CT molecular complexity index is 1170. The average Bonchev–Trinajstić information content (AvgIpc) is 3.30. The Morgan fingerprint density at radius 1 is 1.10 bits per heavy atom. The van der Waals surface area contributed by atoms with Gasteiger partial charge in [0.15, 0.2) is 5.69 Å². The van der Waals surface area contributed by atoms with E-state index in [1.165, 1.54) is 11.0 Å². The molecule has 4 aromatic rings. The summed E-state index contributed by atoms with van der Waals surface area (Å²) in [6.45, 7) is 0.224. The fraction of sp³-hybridized carbons (Fsp3) is 0.190. The minimum absolute atomic E-state index is 0.144. The minimum Gasteiger partial charge on any atom is -0.419 e. The first-order valence-corrected chi connectivity index (χ1v) is 9.92. The molecule has 30 heavy (non-hydrogen) atoms. The van der Waals surface area contributed by atoms with Gasteiger partial charge in [-0.3, -0.25) is 4.79 Å². The van der Waals surface area contributed by atoms with E-state index in [2.05, 4.69) is 20.4 Å². The molecule has 0 radical (unpaired) electrons. The van der Waals surface area contributed by atoms with Crippen molar-refractivity contribution in [1.29, 1.82) is 0 Å². The number of hydrogen-bond acceptors (Lipinski definition) is 6. The highest BCUT2D eigenvalue weighted by Gasteiger charge is 2.35. The van der Waals surface area contributed by atoms with E-state index in [0.717, 1.165) is 24.1 Å². The van der Waals surface area contributed by atoms with Gasteiger partial charge in [-0.2, -0.15) is 9.90 Å². The lowest BCUT2D eigenvalue weighted by Crippen LogP contribution is -2.33. The van der Waals surface area contributed by atoms with E-state index >= 15 is 0 Å². The number of nitrogens with zero attached hydrogens (tertiary/aromatic N) is 6. The van der Waals surface area contributed by atoms with Crippen LogP contribution in [0, 0.1) is 0 Å². The summed E-state index contributed by atoms with van der Waals surface area (Å²) in [5.74, 6) is 0.557. The van der Waals surface area contributed by atoms with Gasteiger partial charge in [-0.15, -0.1) is 15.3 Å². The number of aromatic nitrogens is 5. The average molecular weight is 421 g/mol. The summed E-state index contributed by atoms with van der Waals surface area (Å²) in [6, 6.07) is 16.7. The van der Waals surface area contributed by atoms with Gasteiger partial charge in [-0.1, -0.05) is 29.8 Å². The van der Waals surface area contributed by atoms with Crippen LogP contribution in [0.2, 0.25) is 5.02 Å². The van der Waals surface area contributed by atoms with Crippen LogP contribution in [0.3, 0.4) is 0 Å². The van der Waals surface area contributed by atoms with Crippen LogP contribution >= 0.6 is 11.6 Å². The summed E-state index contributed by atoms with van der Waals surface area (Å²) in [4.78, 5) is 16.3. The predicted molar refractivity (Wildman–Crippen MR) is 109 cm³/mol. The summed E-state index contributed by atoms with van der Waals surface area (Å²) in [5.41, 5.74) is 1.84. The fourth-order valence-electron chi connectivity index (χ4n) is 3.12. The second-order valence-corrected chi connectivity index (χ2v) is 7.46. The van der Waals surface area contributed by atoms with Gasteiger partial charge in [0.2, 0.25) is 11.8 Å². The van der Waals surface area contributed by atoms with Gasteiger partial charge in [0.25, 0.3) is 5.91 Å². The van der Waals surface area contributed by atoms with Crippen molar-refractivity contribution >= 4 is 17.5 Å². The molecule has 150 valence electrons. The number of para-hydroxylation sites is 1. The molecule has 1 fully saturated rings. The van der Waals surface area contributed by atoms with Crippen molar-refractivity contribution in [1.82, 2.24) is 30.1 Å². The maximum Gasteiger partial charge on any atom is 0.276 e. The van der Waals surface area contributed by atoms with Gasteiger partial charge in [-0.25, -0.2) is 0 Å². The molecule has 0 atom stereocenters. The quantitative estimate of drug-likeness (QED) is 0.471. The number of halogens is 1. The standard InChI is InChI=1S/C21H17ClN6O2/c22-15-8-6-14(7-9-15)20-25-24-19(30-20)13-27(16-10-11-16)21(29)18-12-23-28(26-18)17-4-2-1-3-5-17/h1-9,12,16H,10-11,13H2. The largest absolute Gasteiger partial charge is 0.419 e. The molecule has 2 heterocycles. The van der Waals surface area contributed by atoms with Gasteiger partial charge in [-0.05, 0) is 49.2 Å².